The van der Waals surface area contributed by atoms with Crippen LogP contribution >= 0.6 is 0 Å². The molecule has 0 radical (unpaired) electrons. The molecule has 56 heavy (non-hydrogen) atoms. The molecule has 0 amide bonds. The Labute approximate surface area is 322 Å². The number of hydrogen-bond donors (Lipinski definition) is 0. The van der Waals surface area contributed by atoms with Crippen molar-refractivity contribution in [3.63, 3.8) is 0 Å². The van der Waals surface area contributed by atoms with Crippen LogP contribution in [-0.4, -0.2) is 19.5 Å². The van der Waals surface area contributed by atoms with Gasteiger partial charge in [0.25, 0.3) is 0 Å². The van der Waals surface area contributed by atoms with Gasteiger partial charge in [-0.2, -0.15) is 0 Å². The van der Waals surface area contributed by atoms with Gasteiger partial charge in [-0.25, -0.2) is 15.0 Å². The summed E-state index contributed by atoms with van der Waals surface area (Å²) in [6.07, 6.45) is 0. The van der Waals surface area contributed by atoms with Crippen LogP contribution in [0.2, 0.25) is 0 Å². The largest absolute Gasteiger partial charge is 0.456 e. The Hall–Kier alpha value is -7.63. The van der Waals surface area contributed by atoms with Crippen molar-refractivity contribution < 1.29 is 4.42 Å². The summed E-state index contributed by atoms with van der Waals surface area (Å²) in [5, 5.41) is 4.71. The topological polar surface area (TPSA) is 56.7 Å². The molecule has 0 atom stereocenters. The summed E-state index contributed by atoms with van der Waals surface area (Å²) in [6.45, 7) is 0. The Bertz CT molecular complexity index is 3180. The zero-order chi connectivity index (χ0) is 37.0. The van der Waals surface area contributed by atoms with Gasteiger partial charge >= 0.3 is 0 Å². The average molecular weight is 717 g/mol. The second-order valence-electron chi connectivity index (χ2n) is 14.1. The lowest BCUT2D eigenvalue weighted by molar-refractivity contribution is 0.669. The van der Waals surface area contributed by atoms with Crippen LogP contribution in [0.1, 0.15) is 0 Å². The van der Waals surface area contributed by atoms with Crippen LogP contribution in [0, 0.1) is 0 Å². The average Bonchev–Trinajstić information content (AvgIpc) is 3.82. The number of fused-ring (bicyclic) bond motifs is 6. The zero-order valence-electron chi connectivity index (χ0n) is 30.2. The highest BCUT2D eigenvalue weighted by molar-refractivity contribution is 6.11. The Morgan fingerprint density at radius 3 is 1.54 bits per heavy atom. The molecule has 0 N–H and O–H groups in total. The van der Waals surface area contributed by atoms with Crippen molar-refractivity contribution in [3.8, 4) is 62.1 Å². The fourth-order valence-corrected chi connectivity index (χ4v) is 7.91. The maximum atomic E-state index is 6.11. The van der Waals surface area contributed by atoms with Gasteiger partial charge in [-0.1, -0.05) is 140 Å². The van der Waals surface area contributed by atoms with Gasteiger partial charge in [0.2, 0.25) is 0 Å². The maximum Gasteiger partial charge on any atom is 0.164 e. The van der Waals surface area contributed by atoms with E-state index in [4.69, 9.17) is 19.4 Å². The Balaban J connectivity index is 0.963. The van der Waals surface area contributed by atoms with Crippen LogP contribution in [0.25, 0.3) is 106 Å². The number of furan rings is 1. The van der Waals surface area contributed by atoms with Gasteiger partial charge in [0, 0.05) is 43.9 Å². The molecule has 0 unspecified atom stereocenters. The highest BCUT2D eigenvalue weighted by atomic mass is 16.3. The standard InChI is InChI=1S/C51H32N4O/c1-3-12-34(13-4-1)49-52-50(35-14-5-2-6-15-35)54-51(53-49)39-17-11-16-36(30-39)33-22-26-40(27-23-33)55-45-20-9-7-18-41(45)43-31-37(24-28-46(43)55)38-25-29-48-44(32-38)42-19-8-10-21-47(42)56-48/h1-32H. The summed E-state index contributed by atoms with van der Waals surface area (Å²) in [4.78, 5) is 14.8. The van der Waals surface area contributed by atoms with Crippen LogP contribution in [0.4, 0.5) is 0 Å². The molecule has 3 aromatic heterocycles. The number of nitrogens with zero attached hydrogens (tertiary/aromatic N) is 4. The highest BCUT2D eigenvalue weighted by Crippen LogP contribution is 2.38. The van der Waals surface area contributed by atoms with Gasteiger partial charge in [0.1, 0.15) is 11.2 Å². The molecular weight excluding hydrogens is 685 g/mol. The molecule has 0 aliphatic rings. The second kappa shape index (κ2) is 13.0. The van der Waals surface area contributed by atoms with E-state index in [1.165, 1.54) is 27.4 Å². The third-order valence-corrected chi connectivity index (χ3v) is 10.7. The predicted molar refractivity (Wildman–Crippen MR) is 229 cm³/mol. The summed E-state index contributed by atoms with van der Waals surface area (Å²) in [5.41, 5.74) is 12.6. The molecule has 8 aromatic carbocycles. The van der Waals surface area contributed by atoms with E-state index in [0.29, 0.717) is 17.5 Å². The van der Waals surface area contributed by atoms with E-state index in [1.54, 1.807) is 0 Å². The SMILES string of the molecule is c1ccc(-c2nc(-c3ccccc3)nc(-c3cccc(-c4ccc(-n5c6ccccc6c6cc(-c7ccc8oc9ccccc9c8c7)ccc65)cc4)c3)n2)cc1. The normalized spacial score (nSPS) is 11.6. The molecule has 0 bridgehead atoms. The third kappa shape index (κ3) is 5.45. The molecule has 3 heterocycles. The van der Waals surface area contributed by atoms with Gasteiger partial charge in [-0.05, 0) is 76.9 Å². The van der Waals surface area contributed by atoms with E-state index in [0.717, 1.165) is 61.0 Å². The van der Waals surface area contributed by atoms with Gasteiger partial charge in [-0.15, -0.1) is 0 Å². The fraction of sp³-hybridized carbons (Fsp3) is 0. The maximum absolute atomic E-state index is 6.11. The molecule has 0 saturated heterocycles. The van der Waals surface area contributed by atoms with Crippen LogP contribution in [0.5, 0.6) is 0 Å². The number of aromatic nitrogens is 4. The van der Waals surface area contributed by atoms with Crippen molar-refractivity contribution in [1.29, 1.82) is 0 Å². The van der Waals surface area contributed by atoms with Crippen LogP contribution in [0.3, 0.4) is 0 Å². The third-order valence-electron chi connectivity index (χ3n) is 10.7. The minimum absolute atomic E-state index is 0.638. The first-order valence-corrected chi connectivity index (χ1v) is 18.8. The molecule has 0 aliphatic carbocycles. The molecule has 0 saturated carbocycles. The Kier molecular flexibility index (Phi) is 7.42. The minimum atomic E-state index is 0.638. The summed E-state index contributed by atoms with van der Waals surface area (Å²) in [7, 11) is 0. The minimum Gasteiger partial charge on any atom is -0.456 e. The molecule has 5 nitrogen and oxygen atoms in total. The van der Waals surface area contributed by atoms with E-state index in [-0.39, 0.29) is 0 Å². The van der Waals surface area contributed by atoms with Crippen molar-refractivity contribution in [2.24, 2.45) is 0 Å². The first-order valence-electron chi connectivity index (χ1n) is 18.8. The molecule has 262 valence electrons. The summed E-state index contributed by atoms with van der Waals surface area (Å²) < 4.78 is 8.48. The zero-order valence-corrected chi connectivity index (χ0v) is 30.2. The summed E-state index contributed by atoms with van der Waals surface area (Å²) >= 11 is 0. The smallest absolute Gasteiger partial charge is 0.164 e. The van der Waals surface area contributed by atoms with Crippen molar-refractivity contribution in [3.05, 3.63) is 194 Å². The molecule has 0 aliphatic heterocycles. The Morgan fingerprint density at radius 1 is 0.304 bits per heavy atom. The van der Waals surface area contributed by atoms with Gasteiger partial charge in [-0.3, -0.25) is 0 Å². The number of hydrogen-bond acceptors (Lipinski definition) is 4. The lowest BCUT2D eigenvalue weighted by atomic mass is 10.0. The molecule has 5 heteroatoms. The second-order valence-corrected chi connectivity index (χ2v) is 14.1. The van der Waals surface area contributed by atoms with E-state index in [2.05, 4.69) is 126 Å². The van der Waals surface area contributed by atoms with Crippen molar-refractivity contribution in [2.75, 3.05) is 0 Å². The van der Waals surface area contributed by atoms with Crippen LogP contribution in [0.15, 0.2) is 199 Å². The quantitative estimate of drug-likeness (QED) is 0.172. The molecule has 0 fully saturated rings. The van der Waals surface area contributed by atoms with Crippen molar-refractivity contribution in [1.82, 2.24) is 19.5 Å². The van der Waals surface area contributed by atoms with Crippen LogP contribution < -0.4 is 0 Å². The Morgan fingerprint density at radius 2 is 0.804 bits per heavy atom. The van der Waals surface area contributed by atoms with E-state index < -0.39 is 0 Å². The summed E-state index contributed by atoms with van der Waals surface area (Å²) in [6, 6.07) is 67.6. The number of benzene rings is 8. The molecule has 0 spiro atoms. The molecule has 11 aromatic rings. The van der Waals surface area contributed by atoms with Gasteiger partial charge < -0.3 is 8.98 Å². The molecule has 11 rings (SSSR count). The highest BCUT2D eigenvalue weighted by Gasteiger charge is 2.16. The van der Waals surface area contributed by atoms with Crippen molar-refractivity contribution >= 4 is 43.7 Å². The summed E-state index contributed by atoms with van der Waals surface area (Å²) in [5.74, 6) is 1.93. The predicted octanol–water partition coefficient (Wildman–Crippen LogP) is 13.2. The van der Waals surface area contributed by atoms with E-state index >= 15 is 0 Å². The van der Waals surface area contributed by atoms with E-state index in [1.807, 2.05) is 72.8 Å². The monoisotopic (exact) mass is 716 g/mol. The lowest BCUT2D eigenvalue weighted by Gasteiger charge is -2.11. The first-order chi connectivity index (χ1) is 27.7. The lowest BCUT2D eigenvalue weighted by Crippen LogP contribution is -2.00. The van der Waals surface area contributed by atoms with Crippen molar-refractivity contribution in [2.45, 2.75) is 0 Å². The van der Waals surface area contributed by atoms with E-state index in [9.17, 15) is 0 Å². The fourth-order valence-electron chi connectivity index (χ4n) is 7.91. The first kappa shape index (κ1) is 31.9. The molecular formula is C51H32N4O. The van der Waals surface area contributed by atoms with Gasteiger partial charge in [0.05, 0.1) is 11.0 Å². The number of para-hydroxylation sites is 2. The van der Waals surface area contributed by atoms with Gasteiger partial charge in [0.15, 0.2) is 17.5 Å². The van der Waals surface area contributed by atoms with Crippen LogP contribution in [-0.2, 0) is 0 Å². The number of rotatable bonds is 6.